The monoisotopic (exact) mass is 412 g/mol. The van der Waals surface area contributed by atoms with Gasteiger partial charge in [-0.25, -0.2) is 4.39 Å². The zero-order valence-corrected chi connectivity index (χ0v) is 16.3. The van der Waals surface area contributed by atoms with Crippen LogP contribution in [0.3, 0.4) is 0 Å². The Kier molecular flexibility index (Phi) is 5.40. The zero-order valence-electron chi connectivity index (χ0n) is 15.5. The number of rotatable bonds is 3. The summed E-state index contributed by atoms with van der Waals surface area (Å²) in [7, 11) is 0. The average Bonchev–Trinajstić information content (AvgIpc) is 2.74. The number of hydrogen-bond acceptors (Lipinski definition) is 4. The molecule has 0 unspecified atom stereocenters. The summed E-state index contributed by atoms with van der Waals surface area (Å²) >= 11 is 5.87. The van der Waals surface area contributed by atoms with Gasteiger partial charge in [-0.1, -0.05) is 23.7 Å². The number of nitrogens with zero attached hydrogens (tertiary/aromatic N) is 4. The number of benzene rings is 2. The normalized spacial score (nSPS) is 14.3. The second-order valence-corrected chi connectivity index (χ2v) is 7.29. The van der Waals surface area contributed by atoms with Gasteiger partial charge in [-0.15, -0.1) is 0 Å². The predicted octanol–water partition coefficient (Wildman–Crippen LogP) is 2.95. The molecule has 1 aliphatic heterocycles. The van der Waals surface area contributed by atoms with Gasteiger partial charge in [-0.3, -0.25) is 19.6 Å². The summed E-state index contributed by atoms with van der Waals surface area (Å²) in [6.45, 7) is 1.61. The third kappa shape index (κ3) is 4.19. The zero-order chi connectivity index (χ0) is 20.4. The maximum absolute atomic E-state index is 13.9. The molecule has 4 rings (SSSR count). The van der Waals surface area contributed by atoms with Gasteiger partial charge in [-0.05, 0) is 23.8 Å². The molecule has 0 saturated carbocycles. The Hall–Kier alpha value is -3.06. The van der Waals surface area contributed by atoms with Crippen molar-refractivity contribution in [3.05, 3.63) is 70.8 Å². The highest BCUT2D eigenvalue weighted by atomic mass is 35.5. The minimum atomic E-state index is -0.530. The van der Waals surface area contributed by atoms with E-state index in [-0.39, 0.29) is 23.8 Å². The fraction of sp³-hybridized carbons (Fsp3) is 0.238. The molecule has 2 aromatic carbocycles. The van der Waals surface area contributed by atoms with Crippen LogP contribution in [0.4, 0.5) is 4.39 Å². The Morgan fingerprint density at radius 2 is 1.62 bits per heavy atom. The Morgan fingerprint density at radius 1 is 0.966 bits per heavy atom. The lowest BCUT2D eigenvalue weighted by molar-refractivity contribution is -0.131. The lowest BCUT2D eigenvalue weighted by atomic mass is 10.1. The van der Waals surface area contributed by atoms with Crippen molar-refractivity contribution in [3.8, 4) is 0 Å². The predicted molar refractivity (Wildman–Crippen MR) is 107 cm³/mol. The maximum atomic E-state index is 13.9. The smallest absolute Gasteiger partial charge is 0.256 e. The van der Waals surface area contributed by atoms with Crippen LogP contribution < -0.4 is 0 Å². The van der Waals surface area contributed by atoms with Crippen LogP contribution in [0, 0.1) is 5.82 Å². The number of carbonyl (C=O) groups is 2. The van der Waals surface area contributed by atoms with Crippen LogP contribution in [-0.4, -0.2) is 57.8 Å². The van der Waals surface area contributed by atoms with Crippen LogP contribution in [-0.2, 0) is 11.2 Å². The molecule has 0 radical (unpaired) electrons. The number of halogens is 2. The van der Waals surface area contributed by atoms with E-state index in [0.29, 0.717) is 42.2 Å². The van der Waals surface area contributed by atoms with Gasteiger partial charge in [0, 0.05) is 49.7 Å². The van der Waals surface area contributed by atoms with Crippen molar-refractivity contribution in [1.82, 2.24) is 19.8 Å². The third-order valence-corrected chi connectivity index (χ3v) is 5.21. The van der Waals surface area contributed by atoms with E-state index >= 15 is 0 Å². The summed E-state index contributed by atoms with van der Waals surface area (Å²) in [5.74, 6) is -0.834. The minimum absolute atomic E-state index is 0.00138. The first-order valence-electron chi connectivity index (χ1n) is 9.23. The van der Waals surface area contributed by atoms with E-state index < -0.39 is 5.82 Å². The summed E-state index contributed by atoms with van der Waals surface area (Å²) in [4.78, 5) is 37.1. The molecule has 6 nitrogen and oxygen atoms in total. The van der Waals surface area contributed by atoms with Crippen LogP contribution >= 0.6 is 11.6 Å². The molecule has 0 bridgehead atoms. The molecular formula is C21H18ClFN4O2. The average molecular weight is 413 g/mol. The van der Waals surface area contributed by atoms with Gasteiger partial charge in [0.1, 0.15) is 11.3 Å². The molecule has 29 heavy (non-hydrogen) atoms. The van der Waals surface area contributed by atoms with E-state index in [4.69, 9.17) is 11.6 Å². The van der Waals surface area contributed by atoms with Gasteiger partial charge in [0.05, 0.1) is 17.5 Å². The van der Waals surface area contributed by atoms with E-state index in [2.05, 4.69) is 9.97 Å². The third-order valence-electron chi connectivity index (χ3n) is 4.96. The van der Waals surface area contributed by atoms with Crippen molar-refractivity contribution in [2.45, 2.75) is 6.42 Å². The second kappa shape index (κ2) is 8.13. The Labute approximate surface area is 171 Å². The van der Waals surface area contributed by atoms with Crippen molar-refractivity contribution in [2.24, 2.45) is 0 Å². The van der Waals surface area contributed by atoms with E-state index in [1.54, 1.807) is 21.9 Å². The molecule has 1 aromatic heterocycles. The van der Waals surface area contributed by atoms with Crippen LogP contribution in [0.1, 0.15) is 15.9 Å². The van der Waals surface area contributed by atoms with E-state index in [9.17, 15) is 14.0 Å². The van der Waals surface area contributed by atoms with Crippen LogP contribution in [0.2, 0.25) is 5.02 Å². The van der Waals surface area contributed by atoms with Crippen molar-refractivity contribution in [1.29, 1.82) is 0 Å². The fourth-order valence-corrected chi connectivity index (χ4v) is 3.55. The van der Waals surface area contributed by atoms with Gasteiger partial charge in [0.25, 0.3) is 5.91 Å². The summed E-state index contributed by atoms with van der Waals surface area (Å²) in [6, 6.07) is 9.62. The van der Waals surface area contributed by atoms with Crippen LogP contribution in [0.5, 0.6) is 0 Å². The summed E-state index contributed by atoms with van der Waals surface area (Å²) in [5.41, 5.74) is 1.80. The van der Waals surface area contributed by atoms with E-state index in [0.717, 1.165) is 5.56 Å². The molecule has 3 aromatic rings. The van der Waals surface area contributed by atoms with Crippen molar-refractivity contribution in [3.63, 3.8) is 0 Å². The van der Waals surface area contributed by atoms with Gasteiger partial charge in [0.15, 0.2) is 0 Å². The molecule has 0 N–H and O–H groups in total. The number of hydrogen-bond donors (Lipinski definition) is 0. The Morgan fingerprint density at radius 3 is 2.34 bits per heavy atom. The van der Waals surface area contributed by atoms with Gasteiger partial charge in [0.2, 0.25) is 5.91 Å². The Bertz CT molecular complexity index is 1070. The van der Waals surface area contributed by atoms with Crippen molar-refractivity contribution in [2.75, 3.05) is 26.2 Å². The minimum Gasteiger partial charge on any atom is -0.339 e. The Balaban J connectivity index is 1.42. The summed E-state index contributed by atoms with van der Waals surface area (Å²) in [6.07, 6.45) is 3.22. The van der Waals surface area contributed by atoms with Crippen LogP contribution in [0.25, 0.3) is 11.0 Å². The van der Waals surface area contributed by atoms with Crippen molar-refractivity contribution >= 4 is 34.4 Å². The first kappa shape index (κ1) is 19.3. The molecule has 2 heterocycles. The molecule has 0 aliphatic carbocycles. The molecule has 1 aliphatic rings. The highest BCUT2D eigenvalue weighted by Crippen LogP contribution is 2.19. The number of aromatic nitrogens is 2. The molecule has 2 amide bonds. The van der Waals surface area contributed by atoms with Gasteiger partial charge < -0.3 is 9.80 Å². The lowest BCUT2D eigenvalue weighted by Crippen LogP contribution is -2.51. The quantitative estimate of drug-likeness (QED) is 0.663. The summed E-state index contributed by atoms with van der Waals surface area (Å²) in [5, 5.41) is 0.628. The molecule has 148 valence electrons. The topological polar surface area (TPSA) is 66.4 Å². The molecule has 0 spiro atoms. The molecule has 0 atom stereocenters. The van der Waals surface area contributed by atoms with E-state index in [1.807, 2.05) is 12.1 Å². The lowest BCUT2D eigenvalue weighted by Gasteiger charge is -2.35. The highest BCUT2D eigenvalue weighted by Gasteiger charge is 2.26. The second-order valence-electron chi connectivity index (χ2n) is 6.85. The molecular weight excluding hydrogens is 395 g/mol. The standard InChI is InChI=1S/C21H18ClFN4O2/c22-15-3-1-14(2-4-15)11-19(28)26-7-9-27(10-8-26)21(29)17-12-16(23)13-18-20(17)25-6-5-24-18/h1-6,12-13H,7-11H2. The fourth-order valence-electron chi connectivity index (χ4n) is 3.42. The van der Waals surface area contributed by atoms with Gasteiger partial charge in [-0.2, -0.15) is 0 Å². The first-order chi connectivity index (χ1) is 14.0. The van der Waals surface area contributed by atoms with Crippen LogP contribution in [0.15, 0.2) is 48.8 Å². The number of carbonyl (C=O) groups excluding carboxylic acids is 2. The first-order valence-corrected chi connectivity index (χ1v) is 9.61. The number of fused-ring (bicyclic) bond motifs is 1. The van der Waals surface area contributed by atoms with Crippen molar-refractivity contribution < 1.29 is 14.0 Å². The number of amides is 2. The largest absolute Gasteiger partial charge is 0.339 e. The molecule has 1 fully saturated rings. The maximum Gasteiger partial charge on any atom is 0.256 e. The highest BCUT2D eigenvalue weighted by molar-refractivity contribution is 6.30. The number of piperazine rings is 1. The van der Waals surface area contributed by atoms with E-state index in [1.165, 1.54) is 24.5 Å². The molecule has 8 heteroatoms. The molecule has 1 saturated heterocycles. The van der Waals surface area contributed by atoms with Gasteiger partial charge >= 0.3 is 0 Å². The SMILES string of the molecule is O=C(Cc1ccc(Cl)cc1)N1CCN(C(=O)c2cc(F)cc3nccnc23)CC1. The summed E-state index contributed by atoms with van der Waals surface area (Å²) < 4.78 is 13.9.